The third kappa shape index (κ3) is 6.55. The van der Waals surface area contributed by atoms with Gasteiger partial charge in [-0.2, -0.15) is 0 Å². The maximum atomic E-state index is 12.9. The van der Waals surface area contributed by atoms with E-state index >= 15 is 0 Å². The number of carbonyl (C=O) groups is 2. The van der Waals surface area contributed by atoms with Crippen molar-refractivity contribution in [3.63, 3.8) is 0 Å². The molecule has 2 amide bonds. The van der Waals surface area contributed by atoms with Crippen molar-refractivity contribution in [2.45, 2.75) is 37.2 Å². The van der Waals surface area contributed by atoms with Crippen molar-refractivity contribution in [1.82, 2.24) is 10.6 Å². The van der Waals surface area contributed by atoms with Crippen LogP contribution >= 0.6 is 0 Å². The van der Waals surface area contributed by atoms with Gasteiger partial charge in [0, 0.05) is 30.5 Å². The Labute approximate surface area is 217 Å². The first-order chi connectivity index (χ1) is 17.8. The van der Waals surface area contributed by atoms with Gasteiger partial charge in [0.1, 0.15) is 5.75 Å². The van der Waals surface area contributed by atoms with Gasteiger partial charge in [0.2, 0.25) is 21.8 Å². The standard InChI is InChI=1S/C28H31N3O5S/c1-36-22-15-11-20(12-16-22)18-31-28(33)25-7-4-6-24(25)27(32)30-17-19-9-13-21(14-10-19)23-5-2-3-8-26(23)37(29,34)35/h2-3,5,8-16,24-25H,4,6-7,17-18H2,1H3,(H,30,32)(H,31,33)(H2,29,34,35). The summed E-state index contributed by atoms with van der Waals surface area (Å²) in [6, 6.07) is 21.3. The molecular weight excluding hydrogens is 490 g/mol. The maximum absolute atomic E-state index is 12.9. The molecule has 4 rings (SSSR count). The quantitative estimate of drug-likeness (QED) is 0.398. The van der Waals surface area contributed by atoms with Crippen molar-refractivity contribution in [2.24, 2.45) is 17.0 Å². The van der Waals surface area contributed by atoms with Gasteiger partial charge < -0.3 is 15.4 Å². The van der Waals surface area contributed by atoms with E-state index in [9.17, 15) is 18.0 Å². The van der Waals surface area contributed by atoms with E-state index in [4.69, 9.17) is 9.88 Å². The fourth-order valence-electron chi connectivity index (χ4n) is 4.73. The lowest BCUT2D eigenvalue weighted by atomic mass is 9.94. The van der Waals surface area contributed by atoms with E-state index in [-0.39, 0.29) is 28.5 Å². The van der Waals surface area contributed by atoms with Crippen LogP contribution in [0.5, 0.6) is 5.75 Å². The number of benzene rings is 3. The van der Waals surface area contributed by atoms with Gasteiger partial charge in [-0.25, -0.2) is 13.6 Å². The van der Waals surface area contributed by atoms with E-state index in [1.807, 2.05) is 36.4 Å². The smallest absolute Gasteiger partial charge is 0.238 e. The summed E-state index contributed by atoms with van der Waals surface area (Å²) in [5, 5.41) is 11.3. The summed E-state index contributed by atoms with van der Waals surface area (Å²) in [6.45, 7) is 0.710. The van der Waals surface area contributed by atoms with Crippen molar-refractivity contribution in [3.8, 4) is 16.9 Å². The molecule has 37 heavy (non-hydrogen) atoms. The summed E-state index contributed by atoms with van der Waals surface area (Å²) in [5.41, 5.74) is 3.06. The molecule has 4 N–H and O–H groups in total. The highest BCUT2D eigenvalue weighted by Gasteiger charge is 2.37. The summed E-state index contributed by atoms with van der Waals surface area (Å²) >= 11 is 0. The topological polar surface area (TPSA) is 128 Å². The number of carbonyl (C=O) groups excluding carboxylic acids is 2. The van der Waals surface area contributed by atoms with Gasteiger partial charge in [0.15, 0.2) is 0 Å². The Morgan fingerprint density at radius 1 is 0.838 bits per heavy atom. The van der Waals surface area contributed by atoms with E-state index in [0.29, 0.717) is 37.1 Å². The first kappa shape index (κ1) is 26.4. The predicted octanol–water partition coefficient (Wildman–Crippen LogP) is 3.36. The second-order valence-electron chi connectivity index (χ2n) is 9.17. The van der Waals surface area contributed by atoms with E-state index in [0.717, 1.165) is 23.3 Å². The highest BCUT2D eigenvalue weighted by atomic mass is 32.2. The van der Waals surface area contributed by atoms with Crippen molar-refractivity contribution in [2.75, 3.05) is 7.11 Å². The molecule has 0 saturated heterocycles. The van der Waals surface area contributed by atoms with Crippen molar-refractivity contribution in [3.05, 3.63) is 83.9 Å². The number of nitrogens with two attached hydrogens (primary N) is 1. The van der Waals surface area contributed by atoms with Crippen LogP contribution in [0.2, 0.25) is 0 Å². The van der Waals surface area contributed by atoms with Gasteiger partial charge in [-0.1, -0.05) is 61.0 Å². The van der Waals surface area contributed by atoms with Gasteiger partial charge in [-0.3, -0.25) is 9.59 Å². The Hall–Kier alpha value is -3.69. The lowest BCUT2D eigenvalue weighted by Gasteiger charge is -2.19. The maximum Gasteiger partial charge on any atom is 0.238 e. The minimum Gasteiger partial charge on any atom is -0.497 e. The molecule has 1 fully saturated rings. The highest BCUT2D eigenvalue weighted by molar-refractivity contribution is 7.89. The van der Waals surface area contributed by atoms with Gasteiger partial charge in [0.05, 0.1) is 12.0 Å². The highest BCUT2D eigenvalue weighted by Crippen LogP contribution is 2.32. The number of hydrogen-bond donors (Lipinski definition) is 3. The number of hydrogen-bond acceptors (Lipinski definition) is 5. The van der Waals surface area contributed by atoms with Crippen molar-refractivity contribution < 1.29 is 22.7 Å². The van der Waals surface area contributed by atoms with E-state index in [1.54, 1.807) is 37.4 Å². The molecule has 0 aliphatic heterocycles. The number of primary sulfonamides is 1. The number of amides is 2. The second-order valence-corrected chi connectivity index (χ2v) is 10.7. The Kier molecular flexibility index (Phi) is 8.25. The second kappa shape index (κ2) is 11.6. The number of sulfonamides is 1. The van der Waals surface area contributed by atoms with Crippen LogP contribution in [-0.2, 0) is 32.7 Å². The molecule has 0 bridgehead atoms. The molecule has 1 aliphatic carbocycles. The van der Waals surface area contributed by atoms with Gasteiger partial charge >= 0.3 is 0 Å². The van der Waals surface area contributed by atoms with E-state index in [1.165, 1.54) is 6.07 Å². The molecular formula is C28H31N3O5S. The molecule has 3 aromatic rings. The number of rotatable bonds is 9. The summed E-state index contributed by atoms with van der Waals surface area (Å²) in [6.07, 6.45) is 2.19. The Morgan fingerprint density at radius 2 is 1.35 bits per heavy atom. The average Bonchev–Trinajstić information content (AvgIpc) is 3.41. The summed E-state index contributed by atoms with van der Waals surface area (Å²) in [4.78, 5) is 25.8. The Bertz CT molecular complexity index is 1360. The minimum atomic E-state index is -3.85. The number of ether oxygens (including phenoxy) is 1. The van der Waals surface area contributed by atoms with Gasteiger partial charge in [-0.15, -0.1) is 0 Å². The van der Waals surface area contributed by atoms with Crippen LogP contribution in [0, 0.1) is 11.8 Å². The van der Waals surface area contributed by atoms with Crippen molar-refractivity contribution in [1.29, 1.82) is 0 Å². The van der Waals surface area contributed by atoms with Crippen LogP contribution < -0.4 is 20.5 Å². The zero-order chi connectivity index (χ0) is 26.4. The zero-order valence-electron chi connectivity index (χ0n) is 20.6. The average molecular weight is 522 g/mol. The van der Waals surface area contributed by atoms with Crippen LogP contribution in [0.1, 0.15) is 30.4 Å². The molecule has 3 aromatic carbocycles. The molecule has 2 atom stereocenters. The SMILES string of the molecule is COc1ccc(CNC(=O)C2CCCC2C(=O)NCc2ccc(-c3ccccc3S(N)(=O)=O)cc2)cc1. The normalized spacial score (nSPS) is 17.2. The Balaban J connectivity index is 1.33. The number of methoxy groups -OCH3 is 1. The fourth-order valence-corrected chi connectivity index (χ4v) is 5.49. The first-order valence-corrected chi connectivity index (χ1v) is 13.7. The lowest BCUT2D eigenvalue weighted by molar-refractivity contribution is -0.133. The van der Waals surface area contributed by atoms with Crippen LogP contribution in [0.15, 0.2) is 77.7 Å². The Morgan fingerprint density at radius 3 is 1.86 bits per heavy atom. The monoisotopic (exact) mass is 521 g/mol. The van der Waals surface area contributed by atoms with Crippen LogP contribution in [0.3, 0.4) is 0 Å². The molecule has 0 radical (unpaired) electrons. The molecule has 194 valence electrons. The lowest BCUT2D eigenvalue weighted by Crippen LogP contribution is -2.39. The third-order valence-electron chi connectivity index (χ3n) is 6.74. The predicted molar refractivity (Wildman–Crippen MR) is 141 cm³/mol. The molecule has 8 nitrogen and oxygen atoms in total. The molecule has 0 heterocycles. The minimum absolute atomic E-state index is 0.0635. The molecule has 1 saturated carbocycles. The van der Waals surface area contributed by atoms with Crippen LogP contribution in [-0.4, -0.2) is 27.3 Å². The molecule has 0 spiro atoms. The third-order valence-corrected chi connectivity index (χ3v) is 7.71. The summed E-state index contributed by atoms with van der Waals surface area (Å²) in [5.74, 6) is -0.199. The molecule has 0 aromatic heterocycles. The van der Waals surface area contributed by atoms with E-state index in [2.05, 4.69) is 10.6 Å². The first-order valence-electron chi connectivity index (χ1n) is 12.2. The van der Waals surface area contributed by atoms with Crippen LogP contribution in [0.25, 0.3) is 11.1 Å². The zero-order valence-corrected chi connectivity index (χ0v) is 21.5. The molecule has 1 aliphatic rings. The van der Waals surface area contributed by atoms with Crippen LogP contribution in [0.4, 0.5) is 0 Å². The van der Waals surface area contributed by atoms with Crippen molar-refractivity contribution >= 4 is 21.8 Å². The van der Waals surface area contributed by atoms with Gasteiger partial charge in [0.25, 0.3) is 0 Å². The van der Waals surface area contributed by atoms with E-state index < -0.39 is 10.0 Å². The largest absolute Gasteiger partial charge is 0.497 e. The molecule has 9 heteroatoms. The summed E-state index contributed by atoms with van der Waals surface area (Å²) in [7, 11) is -2.25. The molecule has 2 unspecified atom stereocenters. The summed E-state index contributed by atoms with van der Waals surface area (Å²) < 4.78 is 29.0. The fraction of sp³-hybridized carbons (Fsp3) is 0.286. The number of nitrogens with one attached hydrogen (secondary N) is 2. The van der Waals surface area contributed by atoms with Gasteiger partial charge in [-0.05, 0) is 47.7 Å².